The summed E-state index contributed by atoms with van der Waals surface area (Å²) in [7, 11) is 0. The molecule has 0 spiro atoms. The molecule has 6 heteroatoms. The maximum atomic E-state index is 13.4. The first-order valence-corrected chi connectivity index (χ1v) is 11.6. The second-order valence-corrected chi connectivity index (χ2v) is 9.89. The van der Waals surface area contributed by atoms with Crippen molar-refractivity contribution in [3.8, 4) is 0 Å². The Bertz CT molecular complexity index is 989. The van der Waals surface area contributed by atoms with Gasteiger partial charge in [-0.2, -0.15) is 0 Å². The Morgan fingerprint density at radius 1 is 1.12 bits per heavy atom. The smallest absolute Gasteiger partial charge is 0.268 e. The van der Waals surface area contributed by atoms with E-state index in [-0.39, 0.29) is 28.9 Å². The summed E-state index contributed by atoms with van der Waals surface area (Å²) in [5.74, 6) is -0.483. The molecule has 3 N–H and O–H groups in total. The van der Waals surface area contributed by atoms with Crippen molar-refractivity contribution in [2.24, 2.45) is 5.41 Å². The first kappa shape index (κ1) is 23.8. The summed E-state index contributed by atoms with van der Waals surface area (Å²) < 4.78 is 0. The normalized spacial score (nSPS) is 15.9. The fourth-order valence-corrected chi connectivity index (χ4v) is 4.50. The Balaban J connectivity index is 1.87. The van der Waals surface area contributed by atoms with E-state index in [1.165, 1.54) is 0 Å². The Morgan fingerprint density at radius 3 is 2.44 bits per heavy atom. The van der Waals surface area contributed by atoms with Crippen molar-refractivity contribution in [1.82, 2.24) is 10.3 Å². The summed E-state index contributed by atoms with van der Waals surface area (Å²) >= 11 is 0. The number of rotatable bonds is 8. The van der Waals surface area contributed by atoms with Crippen molar-refractivity contribution in [1.29, 1.82) is 0 Å². The average molecular weight is 438 g/mol. The molecule has 0 saturated heterocycles. The molecule has 2 amide bonds. The van der Waals surface area contributed by atoms with Gasteiger partial charge in [-0.15, -0.1) is 0 Å². The molecule has 0 unspecified atom stereocenters. The van der Waals surface area contributed by atoms with Gasteiger partial charge < -0.3 is 15.6 Å². The predicted molar refractivity (Wildman–Crippen MR) is 127 cm³/mol. The number of para-hydroxylation sites is 1. The summed E-state index contributed by atoms with van der Waals surface area (Å²) in [5.41, 5.74) is 3.22. The topological polar surface area (TPSA) is 91.1 Å². The van der Waals surface area contributed by atoms with E-state index in [1.807, 2.05) is 44.2 Å². The fraction of sp³-hybridized carbons (Fsp3) is 0.500. The van der Waals surface area contributed by atoms with Crippen LogP contribution in [0.1, 0.15) is 98.3 Å². The highest BCUT2D eigenvalue weighted by atomic mass is 16.2. The summed E-state index contributed by atoms with van der Waals surface area (Å²) in [4.78, 5) is 42.5. The largest absolute Gasteiger partial charge is 0.354 e. The number of H-pyrrole nitrogens is 1. The van der Waals surface area contributed by atoms with Gasteiger partial charge in [0.25, 0.3) is 5.91 Å². The summed E-state index contributed by atoms with van der Waals surface area (Å²) in [6.45, 7) is 10.2. The van der Waals surface area contributed by atoms with Crippen LogP contribution >= 0.6 is 0 Å². The van der Waals surface area contributed by atoms with Crippen LogP contribution in [-0.4, -0.2) is 28.6 Å². The number of hydrogen-bond acceptors (Lipinski definition) is 3. The number of fused-ring (bicyclic) bond motifs is 1. The van der Waals surface area contributed by atoms with Gasteiger partial charge in [-0.25, -0.2) is 0 Å². The van der Waals surface area contributed by atoms with Crippen LogP contribution in [0, 0.1) is 5.41 Å². The highest BCUT2D eigenvalue weighted by Crippen LogP contribution is 2.39. The molecule has 0 fully saturated rings. The lowest BCUT2D eigenvalue weighted by molar-refractivity contribution is -0.118. The summed E-state index contributed by atoms with van der Waals surface area (Å²) in [6.07, 6.45) is 3.47. The number of unbranched alkanes of at least 4 members (excludes halogenated alkanes) is 1. The SMILES string of the molecule is CCCC[C@H](NC(=O)c1[nH]c2c(c1C(C)C)C(=O)CC(C)(C)C2)C(=O)Nc1ccccc1. The van der Waals surface area contributed by atoms with Crippen LogP contribution in [0.4, 0.5) is 5.69 Å². The van der Waals surface area contributed by atoms with Crippen LogP contribution < -0.4 is 10.6 Å². The Labute approximate surface area is 190 Å². The predicted octanol–water partition coefficient (Wildman–Crippen LogP) is 5.22. The molecule has 1 aliphatic rings. The van der Waals surface area contributed by atoms with E-state index in [0.29, 0.717) is 29.8 Å². The minimum atomic E-state index is -0.657. The van der Waals surface area contributed by atoms with E-state index >= 15 is 0 Å². The van der Waals surface area contributed by atoms with Crippen molar-refractivity contribution < 1.29 is 14.4 Å². The summed E-state index contributed by atoms with van der Waals surface area (Å²) in [5, 5.41) is 5.83. The number of amides is 2. The van der Waals surface area contributed by atoms with Crippen molar-refractivity contribution in [3.05, 3.63) is 52.8 Å². The number of benzene rings is 1. The van der Waals surface area contributed by atoms with Crippen LogP contribution in [0.5, 0.6) is 0 Å². The molecule has 0 bridgehead atoms. The van der Waals surface area contributed by atoms with Gasteiger partial charge in [0, 0.05) is 23.4 Å². The molecule has 0 radical (unpaired) electrons. The molecule has 172 valence electrons. The van der Waals surface area contributed by atoms with Crippen LogP contribution in [-0.2, 0) is 11.2 Å². The van der Waals surface area contributed by atoms with E-state index in [1.54, 1.807) is 0 Å². The third-order valence-corrected chi connectivity index (χ3v) is 6.00. The number of nitrogens with one attached hydrogen (secondary N) is 3. The van der Waals surface area contributed by atoms with E-state index in [9.17, 15) is 14.4 Å². The Kier molecular flexibility index (Phi) is 7.22. The standard InChI is InChI=1S/C26H35N3O3/c1-6-7-13-18(24(31)27-17-11-9-8-10-12-17)29-25(32)23-21(16(2)3)22-19(28-23)14-26(4,5)15-20(22)30/h8-12,16,18,28H,6-7,13-15H2,1-5H3,(H,27,31)(H,29,32)/t18-/m0/s1. The zero-order valence-electron chi connectivity index (χ0n) is 19.8. The van der Waals surface area contributed by atoms with E-state index in [4.69, 9.17) is 0 Å². The highest BCUT2D eigenvalue weighted by molar-refractivity contribution is 6.06. The first-order chi connectivity index (χ1) is 15.1. The van der Waals surface area contributed by atoms with Crippen LogP contribution in [0.3, 0.4) is 0 Å². The third kappa shape index (κ3) is 5.29. The second kappa shape index (κ2) is 9.72. The van der Waals surface area contributed by atoms with Gasteiger partial charge in [-0.3, -0.25) is 14.4 Å². The number of aromatic amines is 1. The van der Waals surface area contributed by atoms with Gasteiger partial charge in [0.2, 0.25) is 5.91 Å². The van der Waals surface area contributed by atoms with Crippen LogP contribution in [0.2, 0.25) is 0 Å². The van der Waals surface area contributed by atoms with E-state index < -0.39 is 6.04 Å². The maximum absolute atomic E-state index is 13.4. The lowest BCUT2D eigenvalue weighted by atomic mass is 9.74. The Morgan fingerprint density at radius 2 is 1.81 bits per heavy atom. The monoisotopic (exact) mass is 437 g/mol. The number of ketones is 1. The molecule has 2 aromatic rings. The minimum Gasteiger partial charge on any atom is -0.354 e. The molecule has 6 nitrogen and oxygen atoms in total. The van der Waals surface area contributed by atoms with Crippen LogP contribution in [0.15, 0.2) is 30.3 Å². The summed E-state index contributed by atoms with van der Waals surface area (Å²) in [6, 6.07) is 8.57. The van der Waals surface area contributed by atoms with Crippen molar-refractivity contribution >= 4 is 23.3 Å². The number of Topliss-reactive ketones (excluding diaryl/α,β-unsaturated/α-hetero) is 1. The van der Waals surface area contributed by atoms with E-state index in [0.717, 1.165) is 30.5 Å². The molecule has 1 aromatic heterocycles. The Hall–Kier alpha value is -2.89. The average Bonchev–Trinajstić information content (AvgIpc) is 3.10. The zero-order chi connectivity index (χ0) is 23.5. The molecule has 1 atom stereocenters. The second-order valence-electron chi connectivity index (χ2n) is 9.89. The molecule has 0 aliphatic heterocycles. The maximum Gasteiger partial charge on any atom is 0.268 e. The molecular formula is C26H35N3O3. The number of hydrogen-bond donors (Lipinski definition) is 3. The lowest BCUT2D eigenvalue weighted by Gasteiger charge is -2.28. The highest BCUT2D eigenvalue weighted by Gasteiger charge is 2.37. The van der Waals surface area contributed by atoms with Gasteiger partial charge in [0.1, 0.15) is 11.7 Å². The molecule has 0 saturated carbocycles. The number of carbonyl (C=O) groups is 3. The van der Waals surface area contributed by atoms with Crippen molar-refractivity contribution in [2.75, 3.05) is 5.32 Å². The molecular weight excluding hydrogens is 402 g/mol. The number of anilines is 1. The van der Waals surface area contributed by atoms with Gasteiger partial charge >= 0.3 is 0 Å². The van der Waals surface area contributed by atoms with Gasteiger partial charge in [-0.05, 0) is 41.9 Å². The minimum absolute atomic E-state index is 0.00755. The molecule has 1 aliphatic carbocycles. The first-order valence-electron chi connectivity index (χ1n) is 11.6. The fourth-order valence-electron chi connectivity index (χ4n) is 4.50. The zero-order valence-corrected chi connectivity index (χ0v) is 19.8. The molecule has 3 rings (SSSR count). The molecule has 1 aromatic carbocycles. The molecule has 32 heavy (non-hydrogen) atoms. The lowest BCUT2D eigenvalue weighted by Crippen LogP contribution is -2.44. The number of aromatic nitrogens is 1. The van der Waals surface area contributed by atoms with Gasteiger partial charge in [0.05, 0.1) is 0 Å². The van der Waals surface area contributed by atoms with Gasteiger partial charge in [-0.1, -0.05) is 65.7 Å². The van der Waals surface area contributed by atoms with Crippen molar-refractivity contribution in [3.63, 3.8) is 0 Å². The van der Waals surface area contributed by atoms with Crippen LogP contribution in [0.25, 0.3) is 0 Å². The molecule has 1 heterocycles. The van der Waals surface area contributed by atoms with E-state index in [2.05, 4.69) is 36.4 Å². The van der Waals surface area contributed by atoms with Crippen molar-refractivity contribution in [2.45, 2.75) is 78.7 Å². The number of carbonyl (C=O) groups excluding carboxylic acids is 3. The quantitative estimate of drug-likeness (QED) is 0.529. The van der Waals surface area contributed by atoms with Gasteiger partial charge in [0.15, 0.2) is 5.78 Å². The third-order valence-electron chi connectivity index (χ3n) is 6.00.